The van der Waals surface area contributed by atoms with Gasteiger partial charge in [0.1, 0.15) is 0 Å². The summed E-state index contributed by atoms with van der Waals surface area (Å²) in [5.41, 5.74) is 3.25. The first-order valence-electron chi connectivity index (χ1n) is 6.65. The molecule has 0 fully saturated rings. The van der Waals surface area contributed by atoms with E-state index < -0.39 is 0 Å². The lowest BCUT2D eigenvalue weighted by Gasteiger charge is -2.14. The third-order valence-corrected chi connectivity index (χ3v) is 3.35. The second-order valence-electron chi connectivity index (χ2n) is 4.63. The Morgan fingerprint density at radius 2 is 0.938 bits per heavy atom. The lowest BCUT2D eigenvalue weighted by atomic mass is 9.92. The highest BCUT2D eigenvalue weighted by molar-refractivity contribution is 5.32. The smallest absolute Gasteiger partial charge is 0.0245 e. The van der Waals surface area contributed by atoms with Gasteiger partial charge in [-0.2, -0.15) is 0 Å². The molecule has 2 aliphatic carbocycles. The summed E-state index contributed by atoms with van der Waals surface area (Å²) < 4.78 is 0. The van der Waals surface area contributed by atoms with Crippen LogP contribution in [-0.2, 0) is 0 Å². The van der Waals surface area contributed by atoms with E-state index in [0.717, 1.165) is 0 Å². The second kappa shape index (κ2) is 6.52. The van der Waals surface area contributed by atoms with E-state index in [-0.39, 0.29) is 0 Å². The molecule has 0 aromatic heterocycles. The quantitative estimate of drug-likeness (QED) is 0.533. The van der Waals surface area contributed by atoms with Crippen molar-refractivity contribution in [2.75, 3.05) is 0 Å². The van der Waals surface area contributed by atoms with Crippen molar-refractivity contribution in [3.63, 3.8) is 0 Å². The Hall–Kier alpha value is -1.04. The van der Waals surface area contributed by atoms with E-state index in [2.05, 4.69) is 36.5 Å². The van der Waals surface area contributed by atoms with Crippen molar-refractivity contribution in [2.45, 2.75) is 51.4 Å². The highest BCUT2D eigenvalue weighted by Crippen LogP contribution is 2.25. The molecule has 2 rings (SSSR count). The van der Waals surface area contributed by atoms with Gasteiger partial charge < -0.3 is 0 Å². The van der Waals surface area contributed by atoms with Gasteiger partial charge in [-0.3, -0.25) is 0 Å². The molecule has 0 amide bonds. The molecular weight excluding hydrogens is 192 g/mol. The van der Waals surface area contributed by atoms with Gasteiger partial charge in [-0.15, -0.1) is 0 Å². The van der Waals surface area contributed by atoms with E-state index in [4.69, 9.17) is 0 Å². The van der Waals surface area contributed by atoms with E-state index in [1.807, 2.05) is 0 Å². The van der Waals surface area contributed by atoms with Crippen molar-refractivity contribution < 1.29 is 0 Å². The van der Waals surface area contributed by atoms with Crippen LogP contribution in [0.15, 0.2) is 47.6 Å². The van der Waals surface area contributed by atoms with Crippen molar-refractivity contribution in [3.05, 3.63) is 47.6 Å². The van der Waals surface area contributed by atoms with Gasteiger partial charge in [-0.1, -0.05) is 36.5 Å². The molecule has 0 unspecified atom stereocenters. The van der Waals surface area contributed by atoms with Gasteiger partial charge in [-0.25, -0.2) is 0 Å². The molecule has 86 valence electrons. The largest absolute Gasteiger partial charge is 0.0882 e. The highest BCUT2D eigenvalue weighted by Gasteiger charge is 2.06. The van der Waals surface area contributed by atoms with Crippen LogP contribution in [0.4, 0.5) is 0 Å². The maximum Gasteiger partial charge on any atom is -0.0245 e. The summed E-state index contributed by atoms with van der Waals surface area (Å²) in [6, 6.07) is 0. The fourth-order valence-corrected chi connectivity index (χ4v) is 2.44. The number of allylic oxidation sites excluding steroid dienone is 8. The third-order valence-electron chi connectivity index (χ3n) is 3.35. The molecule has 0 aromatic carbocycles. The van der Waals surface area contributed by atoms with Crippen LogP contribution < -0.4 is 0 Å². The van der Waals surface area contributed by atoms with Crippen LogP contribution >= 0.6 is 0 Å². The maximum atomic E-state index is 2.47. The Morgan fingerprint density at radius 1 is 0.500 bits per heavy atom. The van der Waals surface area contributed by atoms with Crippen LogP contribution in [0.3, 0.4) is 0 Å². The molecule has 0 saturated heterocycles. The molecule has 16 heavy (non-hydrogen) atoms. The minimum absolute atomic E-state index is 1.22. The summed E-state index contributed by atoms with van der Waals surface area (Å²) in [5, 5.41) is 0. The summed E-state index contributed by atoms with van der Waals surface area (Å²) in [4.78, 5) is 0. The topological polar surface area (TPSA) is 0 Å². The summed E-state index contributed by atoms with van der Waals surface area (Å²) in [6.45, 7) is 0. The molecular formula is C16H22. The maximum absolute atomic E-state index is 2.47. The Balaban J connectivity index is 2.03. The van der Waals surface area contributed by atoms with E-state index in [9.17, 15) is 0 Å². The summed E-state index contributed by atoms with van der Waals surface area (Å²) in [6.07, 6.45) is 24.1. The molecule has 0 bridgehead atoms. The number of hydrogen-bond acceptors (Lipinski definition) is 0. The van der Waals surface area contributed by atoms with Crippen molar-refractivity contribution in [3.8, 4) is 0 Å². The molecule has 0 heteroatoms. The van der Waals surface area contributed by atoms with Crippen LogP contribution in [0.25, 0.3) is 0 Å². The number of rotatable bonds is 1. The first-order valence-corrected chi connectivity index (χ1v) is 6.65. The van der Waals surface area contributed by atoms with Gasteiger partial charge in [0.2, 0.25) is 0 Å². The van der Waals surface area contributed by atoms with E-state index in [0.29, 0.717) is 0 Å². The molecule has 0 nitrogen and oxygen atoms in total. The lowest BCUT2D eigenvalue weighted by Crippen LogP contribution is -1.94. The minimum Gasteiger partial charge on any atom is -0.0882 e. The van der Waals surface area contributed by atoms with Gasteiger partial charge in [-0.05, 0) is 62.5 Å². The molecule has 0 aromatic rings. The van der Waals surface area contributed by atoms with Gasteiger partial charge in [0.25, 0.3) is 0 Å². The van der Waals surface area contributed by atoms with Crippen molar-refractivity contribution in [1.29, 1.82) is 0 Å². The second-order valence-corrected chi connectivity index (χ2v) is 4.63. The predicted molar refractivity (Wildman–Crippen MR) is 71.4 cm³/mol. The zero-order chi connectivity index (χ0) is 11.1. The first-order chi connectivity index (χ1) is 7.97. The van der Waals surface area contributed by atoms with Gasteiger partial charge >= 0.3 is 0 Å². The standard InChI is InChI=1S/C16H22/c1-3-7-11-15(12-8-4-1)16-13-9-5-2-6-10-14-16/h1-3,5,12,14H,4,6-11,13H2/b3-1-,5-2-,15-12+,16-14+. The Kier molecular flexibility index (Phi) is 4.67. The van der Waals surface area contributed by atoms with Crippen LogP contribution in [-0.4, -0.2) is 0 Å². The first kappa shape index (κ1) is 11.4. The average Bonchev–Trinajstić information content (AvgIpc) is 2.18. The SMILES string of the molecule is C1=C\CCC(/C2=C/CC/C=C\CC2)=C\CC/1. The summed E-state index contributed by atoms with van der Waals surface area (Å²) in [5.74, 6) is 0. The molecule has 0 heterocycles. The van der Waals surface area contributed by atoms with Gasteiger partial charge in [0.05, 0.1) is 0 Å². The molecule has 0 N–H and O–H groups in total. The molecule has 0 saturated carbocycles. The van der Waals surface area contributed by atoms with Crippen LogP contribution in [0.5, 0.6) is 0 Å². The van der Waals surface area contributed by atoms with Gasteiger partial charge in [0.15, 0.2) is 0 Å². The Morgan fingerprint density at radius 3 is 1.44 bits per heavy atom. The third kappa shape index (κ3) is 3.52. The summed E-state index contributed by atoms with van der Waals surface area (Å²) >= 11 is 0. The van der Waals surface area contributed by atoms with Crippen LogP contribution in [0.1, 0.15) is 51.4 Å². The van der Waals surface area contributed by atoms with Gasteiger partial charge in [0, 0.05) is 0 Å². The Labute approximate surface area is 99.4 Å². The predicted octanol–water partition coefficient (Wildman–Crippen LogP) is 5.10. The normalized spacial score (nSPS) is 33.0. The van der Waals surface area contributed by atoms with Crippen molar-refractivity contribution in [2.24, 2.45) is 0 Å². The molecule has 0 radical (unpaired) electrons. The van der Waals surface area contributed by atoms with E-state index in [1.54, 1.807) is 11.1 Å². The molecule has 0 atom stereocenters. The zero-order valence-electron chi connectivity index (χ0n) is 10.1. The van der Waals surface area contributed by atoms with Crippen LogP contribution in [0, 0.1) is 0 Å². The minimum atomic E-state index is 1.22. The lowest BCUT2D eigenvalue weighted by molar-refractivity contribution is 0.857. The van der Waals surface area contributed by atoms with Crippen molar-refractivity contribution in [1.82, 2.24) is 0 Å². The highest BCUT2D eigenvalue weighted by atomic mass is 14.1. The number of hydrogen-bond donors (Lipinski definition) is 0. The monoisotopic (exact) mass is 214 g/mol. The average molecular weight is 214 g/mol. The van der Waals surface area contributed by atoms with E-state index >= 15 is 0 Å². The molecule has 0 aliphatic heterocycles. The van der Waals surface area contributed by atoms with E-state index in [1.165, 1.54) is 51.4 Å². The summed E-state index contributed by atoms with van der Waals surface area (Å²) in [7, 11) is 0. The molecule has 0 spiro atoms. The fraction of sp³-hybridized carbons (Fsp3) is 0.500. The fourth-order valence-electron chi connectivity index (χ4n) is 2.44. The Bertz CT molecular complexity index is 292. The zero-order valence-corrected chi connectivity index (χ0v) is 10.1. The van der Waals surface area contributed by atoms with Crippen molar-refractivity contribution >= 4 is 0 Å². The van der Waals surface area contributed by atoms with Crippen LogP contribution in [0.2, 0.25) is 0 Å². The molecule has 2 aliphatic rings.